The van der Waals surface area contributed by atoms with E-state index in [1.165, 1.54) is 24.4 Å². The van der Waals surface area contributed by atoms with E-state index in [1.54, 1.807) is 0 Å². The average Bonchev–Trinajstić information content (AvgIpc) is 3.20. The van der Waals surface area contributed by atoms with E-state index in [-0.39, 0.29) is 36.0 Å². The van der Waals surface area contributed by atoms with Gasteiger partial charge in [0, 0.05) is 13.0 Å². The Morgan fingerprint density at radius 2 is 2.25 bits per heavy atom. The fourth-order valence-corrected chi connectivity index (χ4v) is 2.49. The minimum atomic E-state index is -1.50. The number of ether oxygens (including phenoxy) is 1. The van der Waals surface area contributed by atoms with Gasteiger partial charge in [0.1, 0.15) is 5.69 Å². The number of aliphatic carboxylic acids is 1. The number of halogens is 2. The van der Waals surface area contributed by atoms with Crippen LogP contribution in [-0.4, -0.2) is 50.7 Å². The monoisotopic (exact) mass is 354 g/mol. The Morgan fingerprint density at radius 3 is 2.92 bits per heavy atom. The molecule has 0 bridgehead atoms. The number of nitrogens with one attached hydrogen (secondary N) is 1. The molecule has 2 N–H and O–H groups in total. The maximum Gasteiger partial charge on any atom is 0.331 e. The largest absolute Gasteiger partial charge is 0.479 e. The number of hydrogen-bond acceptors (Lipinski definition) is 5. The lowest BCUT2D eigenvalue weighted by molar-refractivity contribution is -0.144. The highest BCUT2D eigenvalue weighted by Gasteiger charge is 2.44. The smallest absolute Gasteiger partial charge is 0.331 e. The number of rotatable bonds is 4. The number of aromatic nitrogens is 3. The van der Waals surface area contributed by atoms with E-state index < -0.39 is 23.2 Å². The van der Waals surface area contributed by atoms with Gasteiger partial charge in [0.25, 0.3) is 5.91 Å². The van der Waals surface area contributed by atoms with Crippen LogP contribution < -0.4 is 5.32 Å². The van der Waals surface area contributed by atoms with E-state index in [4.69, 9.17) is 16.3 Å². The van der Waals surface area contributed by atoms with Gasteiger partial charge in [-0.25, -0.2) is 13.9 Å². The highest BCUT2D eigenvalue weighted by atomic mass is 35.5. The lowest BCUT2D eigenvalue weighted by Crippen LogP contribution is -2.55. The number of carboxylic acids is 1. The molecule has 126 valence electrons. The molecule has 0 spiro atoms. The summed E-state index contributed by atoms with van der Waals surface area (Å²) >= 11 is 5.70. The van der Waals surface area contributed by atoms with Crippen molar-refractivity contribution in [2.75, 3.05) is 13.2 Å². The number of benzene rings is 1. The maximum atomic E-state index is 14.0. The van der Waals surface area contributed by atoms with Crippen molar-refractivity contribution < 1.29 is 23.8 Å². The summed E-state index contributed by atoms with van der Waals surface area (Å²) in [7, 11) is 0. The van der Waals surface area contributed by atoms with Crippen molar-refractivity contribution in [3.05, 3.63) is 40.9 Å². The molecule has 0 radical (unpaired) electrons. The van der Waals surface area contributed by atoms with Gasteiger partial charge in [0.15, 0.2) is 17.1 Å². The number of hydrogen-bond donors (Lipinski definition) is 2. The zero-order valence-electron chi connectivity index (χ0n) is 12.2. The molecule has 2 heterocycles. The normalized spacial score (nSPS) is 20.1. The van der Waals surface area contributed by atoms with Gasteiger partial charge in [-0.1, -0.05) is 22.9 Å². The van der Waals surface area contributed by atoms with E-state index in [0.717, 1.165) is 4.68 Å². The molecule has 2 aromatic rings. The van der Waals surface area contributed by atoms with Crippen LogP contribution in [0.2, 0.25) is 5.02 Å². The fourth-order valence-electron chi connectivity index (χ4n) is 2.32. The summed E-state index contributed by atoms with van der Waals surface area (Å²) < 4.78 is 20.1. The minimum absolute atomic E-state index is 0.0196. The molecule has 1 aliphatic rings. The van der Waals surface area contributed by atoms with Crippen LogP contribution >= 0.6 is 11.6 Å². The Hall–Kier alpha value is -2.52. The van der Waals surface area contributed by atoms with E-state index in [9.17, 15) is 19.1 Å². The molecule has 0 aliphatic carbocycles. The maximum absolute atomic E-state index is 14.0. The summed E-state index contributed by atoms with van der Waals surface area (Å²) in [6.45, 7) is 0.0954. The first-order chi connectivity index (χ1) is 11.4. The van der Waals surface area contributed by atoms with Crippen molar-refractivity contribution in [3.63, 3.8) is 0 Å². The average molecular weight is 355 g/mol. The van der Waals surface area contributed by atoms with Crippen LogP contribution in [0.1, 0.15) is 16.9 Å². The first-order valence-electron chi connectivity index (χ1n) is 6.93. The first kappa shape index (κ1) is 16.3. The molecule has 10 heteroatoms. The summed E-state index contributed by atoms with van der Waals surface area (Å²) in [5.41, 5.74) is -1.63. The van der Waals surface area contributed by atoms with E-state index in [2.05, 4.69) is 15.6 Å². The molecule has 1 saturated heterocycles. The van der Waals surface area contributed by atoms with Crippen molar-refractivity contribution in [1.29, 1.82) is 0 Å². The molecule has 1 aliphatic heterocycles. The highest BCUT2D eigenvalue weighted by molar-refractivity contribution is 6.30. The third-order valence-electron chi connectivity index (χ3n) is 3.69. The number of carbonyl (C=O) groups excluding carboxylic acids is 1. The van der Waals surface area contributed by atoms with Crippen molar-refractivity contribution in [3.8, 4) is 5.69 Å². The van der Waals surface area contributed by atoms with Crippen molar-refractivity contribution >= 4 is 23.5 Å². The lowest BCUT2D eigenvalue weighted by atomic mass is 9.99. The Bertz CT molecular complexity index is 804. The van der Waals surface area contributed by atoms with Crippen LogP contribution in [0.25, 0.3) is 5.69 Å². The van der Waals surface area contributed by atoms with E-state index in [0.29, 0.717) is 0 Å². The summed E-state index contributed by atoms with van der Waals surface area (Å²) in [5, 5.41) is 18.9. The third kappa shape index (κ3) is 2.83. The molecular weight excluding hydrogens is 343 g/mol. The number of carboxylic acid groups (broad SMARTS) is 1. The third-order valence-corrected chi connectivity index (χ3v) is 3.98. The second-order valence-corrected chi connectivity index (χ2v) is 5.67. The Morgan fingerprint density at radius 1 is 1.46 bits per heavy atom. The summed E-state index contributed by atoms with van der Waals surface area (Å²) in [5.74, 6) is -2.64. The fraction of sp³-hybridized carbons (Fsp3) is 0.286. The molecule has 1 unspecified atom stereocenters. The van der Waals surface area contributed by atoms with Crippen LogP contribution in [-0.2, 0) is 9.53 Å². The van der Waals surface area contributed by atoms with Crippen molar-refractivity contribution in [1.82, 2.24) is 20.3 Å². The molecule has 8 nitrogen and oxygen atoms in total. The number of nitrogens with zero attached hydrogens (tertiary/aromatic N) is 3. The predicted octanol–water partition coefficient (Wildman–Crippen LogP) is 1.03. The first-order valence-corrected chi connectivity index (χ1v) is 7.31. The lowest BCUT2D eigenvalue weighted by Gasteiger charge is -2.22. The zero-order valence-corrected chi connectivity index (χ0v) is 13.0. The molecule has 1 amide bonds. The van der Waals surface area contributed by atoms with Crippen molar-refractivity contribution in [2.24, 2.45) is 0 Å². The van der Waals surface area contributed by atoms with Gasteiger partial charge >= 0.3 is 5.97 Å². The van der Waals surface area contributed by atoms with Gasteiger partial charge in [-0.05, 0) is 12.1 Å². The molecule has 1 fully saturated rings. The Balaban J connectivity index is 1.84. The summed E-state index contributed by atoms with van der Waals surface area (Å²) in [6.07, 6.45) is 1.33. The standard InChI is InChI=1S/C14H12ClFN4O4/c15-8-2-1-3-10(11(8)16)20-6-9(18-19-20)12(21)17-14(13(22)23)4-5-24-7-14/h1-3,6H,4-5,7H2,(H,17,21)(H,22,23). The molecule has 0 saturated carbocycles. The van der Waals surface area contributed by atoms with Gasteiger partial charge in [-0.15, -0.1) is 5.10 Å². The Labute approximate surface area is 140 Å². The molecule has 1 aromatic carbocycles. The second-order valence-electron chi connectivity index (χ2n) is 5.27. The van der Waals surface area contributed by atoms with E-state index >= 15 is 0 Å². The van der Waals surface area contributed by atoms with Crippen LogP contribution in [0.5, 0.6) is 0 Å². The van der Waals surface area contributed by atoms with Gasteiger partial charge in [0.2, 0.25) is 0 Å². The number of carbonyl (C=O) groups is 2. The van der Waals surface area contributed by atoms with Crippen LogP contribution in [0.15, 0.2) is 24.4 Å². The second kappa shape index (κ2) is 6.17. The quantitative estimate of drug-likeness (QED) is 0.849. The topological polar surface area (TPSA) is 106 Å². The Kier molecular flexibility index (Phi) is 4.20. The predicted molar refractivity (Wildman–Crippen MR) is 79.6 cm³/mol. The van der Waals surface area contributed by atoms with Gasteiger partial charge in [0.05, 0.1) is 17.8 Å². The van der Waals surface area contributed by atoms with Gasteiger partial charge < -0.3 is 15.2 Å². The molecule has 1 aromatic heterocycles. The summed E-state index contributed by atoms with van der Waals surface area (Å²) in [4.78, 5) is 23.6. The number of amides is 1. The van der Waals surface area contributed by atoms with Crippen LogP contribution in [0.4, 0.5) is 4.39 Å². The molecule has 3 rings (SSSR count). The van der Waals surface area contributed by atoms with Crippen LogP contribution in [0, 0.1) is 5.82 Å². The molecular formula is C14H12ClFN4O4. The van der Waals surface area contributed by atoms with Gasteiger partial charge in [-0.2, -0.15) is 0 Å². The molecule has 24 heavy (non-hydrogen) atoms. The summed E-state index contributed by atoms with van der Waals surface area (Å²) in [6, 6.07) is 4.32. The van der Waals surface area contributed by atoms with Gasteiger partial charge in [-0.3, -0.25) is 4.79 Å². The van der Waals surface area contributed by atoms with E-state index in [1.807, 2.05) is 0 Å². The minimum Gasteiger partial charge on any atom is -0.479 e. The zero-order chi connectivity index (χ0) is 17.3. The van der Waals surface area contributed by atoms with Crippen LogP contribution in [0.3, 0.4) is 0 Å². The molecule has 1 atom stereocenters. The SMILES string of the molecule is O=C(NC1(C(=O)O)CCOC1)c1cn(-c2cccc(Cl)c2F)nn1. The highest BCUT2D eigenvalue weighted by Crippen LogP contribution is 2.22. The van der Waals surface area contributed by atoms with Crippen molar-refractivity contribution in [2.45, 2.75) is 12.0 Å².